The summed E-state index contributed by atoms with van der Waals surface area (Å²) in [6, 6.07) is 0. The normalized spacial score (nSPS) is 14.5. The van der Waals surface area contributed by atoms with E-state index in [0.29, 0.717) is 30.2 Å². The second-order valence-corrected chi connectivity index (χ2v) is 7.27. The van der Waals surface area contributed by atoms with Crippen LogP contribution < -0.4 is 21.5 Å². The molecule has 0 bridgehead atoms. The van der Waals surface area contributed by atoms with Gasteiger partial charge in [-0.3, -0.25) is 18.5 Å². The van der Waals surface area contributed by atoms with Crippen LogP contribution >= 0.6 is 0 Å². The van der Waals surface area contributed by atoms with Crippen LogP contribution in [0.15, 0.2) is 9.59 Å². The maximum absolute atomic E-state index is 13.0. The molecule has 8 nitrogen and oxygen atoms in total. The molecule has 28 heavy (non-hydrogen) atoms. The van der Waals surface area contributed by atoms with Crippen LogP contribution in [-0.4, -0.2) is 44.9 Å². The Kier molecular flexibility index (Phi) is 6.25. The molecule has 0 radical (unpaired) electrons. The number of rotatable bonds is 6. The average molecular weight is 387 g/mol. The first-order valence-corrected chi connectivity index (χ1v) is 10.1. The quantitative estimate of drug-likeness (QED) is 0.742. The average Bonchev–Trinajstić information content (AvgIpc) is 3.11. The molecule has 2 aromatic rings. The van der Waals surface area contributed by atoms with Gasteiger partial charge in [-0.25, -0.2) is 4.79 Å². The third-order valence-electron chi connectivity index (χ3n) is 5.62. The molecule has 1 N–H and O–H groups in total. The first kappa shape index (κ1) is 20.2. The highest BCUT2D eigenvalue weighted by molar-refractivity contribution is 5.75. The maximum Gasteiger partial charge on any atom is 0.332 e. The van der Waals surface area contributed by atoms with Crippen LogP contribution in [0.2, 0.25) is 0 Å². The van der Waals surface area contributed by atoms with Gasteiger partial charge >= 0.3 is 5.69 Å². The molecule has 0 atom stereocenters. The van der Waals surface area contributed by atoms with E-state index in [2.05, 4.69) is 35.9 Å². The Hall–Kier alpha value is -2.53. The number of piperazine rings is 1. The summed E-state index contributed by atoms with van der Waals surface area (Å²) >= 11 is 0. The first-order chi connectivity index (χ1) is 13.5. The van der Waals surface area contributed by atoms with Gasteiger partial charge in [-0.15, -0.1) is 5.92 Å². The number of hydrogen-bond acceptors (Lipinski definition) is 5. The Balaban J connectivity index is 2.29. The van der Waals surface area contributed by atoms with Crippen LogP contribution in [0.4, 0.5) is 5.95 Å². The highest BCUT2D eigenvalue weighted by Gasteiger charge is 2.24. The number of imidazole rings is 1. The zero-order valence-electron chi connectivity index (χ0n) is 17.3. The summed E-state index contributed by atoms with van der Waals surface area (Å²) in [6.45, 7) is 10.3. The van der Waals surface area contributed by atoms with E-state index in [0.717, 1.165) is 45.0 Å². The summed E-state index contributed by atoms with van der Waals surface area (Å²) in [5, 5.41) is 3.34. The smallest absolute Gasteiger partial charge is 0.332 e. The Morgan fingerprint density at radius 1 is 1.14 bits per heavy atom. The molecule has 0 saturated carbocycles. The molecule has 0 amide bonds. The molecule has 0 unspecified atom stereocenters. The van der Waals surface area contributed by atoms with Crippen molar-refractivity contribution >= 4 is 17.1 Å². The van der Waals surface area contributed by atoms with Crippen molar-refractivity contribution < 1.29 is 0 Å². The van der Waals surface area contributed by atoms with E-state index in [1.807, 2.05) is 4.57 Å². The van der Waals surface area contributed by atoms with Gasteiger partial charge in [-0.2, -0.15) is 4.98 Å². The summed E-state index contributed by atoms with van der Waals surface area (Å²) in [5.41, 5.74) is 0.325. The minimum absolute atomic E-state index is 0.303. The molecule has 1 fully saturated rings. The second-order valence-electron chi connectivity index (χ2n) is 7.27. The number of nitrogens with zero attached hydrogens (tertiary/aromatic N) is 5. The zero-order valence-corrected chi connectivity index (χ0v) is 17.3. The highest BCUT2D eigenvalue weighted by Crippen LogP contribution is 2.21. The summed E-state index contributed by atoms with van der Waals surface area (Å²) in [5.74, 6) is 7.05. The number of aromatic nitrogens is 4. The molecule has 2 aromatic heterocycles. The van der Waals surface area contributed by atoms with E-state index < -0.39 is 0 Å². The van der Waals surface area contributed by atoms with Gasteiger partial charge < -0.3 is 10.2 Å². The molecule has 1 aliphatic heterocycles. The number of nitrogens with one attached hydrogen (secondary N) is 1. The molecule has 8 heteroatoms. The number of anilines is 1. The van der Waals surface area contributed by atoms with Crippen molar-refractivity contribution in [2.45, 2.75) is 46.7 Å². The zero-order chi connectivity index (χ0) is 20.3. The molecule has 1 aliphatic rings. The molecule has 1 saturated heterocycles. The third-order valence-corrected chi connectivity index (χ3v) is 5.62. The summed E-state index contributed by atoms with van der Waals surface area (Å²) < 4.78 is 4.75. The Morgan fingerprint density at radius 2 is 1.82 bits per heavy atom. The highest BCUT2D eigenvalue weighted by atomic mass is 16.2. The minimum atomic E-state index is -0.312. The predicted molar refractivity (Wildman–Crippen MR) is 112 cm³/mol. The first-order valence-electron chi connectivity index (χ1n) is 10.1. The lowest BCUT2D eigenvalue weighted by molar-refractivity contribution is 0.409. The molecule has 0 aromatic carbocycles. The summed E-state index contributed by atoms with van der Waals surface area (Å²) in [6.07, 6.45) is 1.94. The van der Waals surface area contributed by atoms with Gasteiger partial charge in [0.25, 0.3) is 5.56 Å². The van der Waals surface area contributed by atoms with E-state index in [-0.39, 0.29) is 11.2 Å². The van der Waals surface area contributed by atoms with Gasteiger partial charge in [0, 0.05) is 39.8 Å². The fourth-order valence-electron chi connectivity index (χ4n) is 3.73. The van der Waals surface area contributed by atoms with Gasteiger partial charge in [-0.1, -0.05) is 32.6 Å². The van der Waals surface area contributed by atoms with Crippen LogP contribution in [0.25, 0.3) is 11.2 Å². The molecule has 152 valence electrons. The van der Waals surface area contributed by atoms with Crippen molar-refractivity contribution in [3.63, 3.8) is 0 Å². The van der Waals surface area contributed by atoms with Crippen LogP contribution in [-0.2, 0) is 20.1 Å². The van der Waals surface area contributed by atoms with E-state index in [1.54, 1.807) is 18.5 Å². The second kappa shape index (κ2) is 8.65. The van der Waals surface area contributed by atoms with E-state index in [4.69, 9.17) is 4.98 Å². The standard InChI is InChI=1S/C20H30N6O2/c1-5-8-11-25-16-17(22-19(25)24-12-9-21-10-13-24)26(14-15(6-2)7-3)20(28)23(4)18(16)27/h15,21H,6-7,9-14H2,1-4H3. The van der Waals surface area contributed by atoms with Crippen LogP contribution in [0.1, 0.15) is 33.6 Å². The Labute approximate surface area is 165 Å². The van der Waals surface area contributed by atoms with Gasteiger partial charge in [0.15, 0.2) is 11.2 Å². The third kappa shape index (κ3) is 3.59. The fraction of sp³-hybridized carbons (Fsp3) is 0.650. The lowest BCUT2D eigenvalue weighted by Crippen LogP contribution is -2.44. The van der Waals surface area contributed by atoms with Gasteiger partial charge in [0.1, 0.15) is 0 Å². The largest absolute Gasteiger partial charge is 0.340 e. The van der Waals surface area contributed by atoms with E-state index in [1.165, 1.54) is 4.57 Å². The molecular weight excluding hydrogens is 356 g/mol. The lowest BCUT2D eigenvalue weighted by atomic mass is 10.0. The molecule has 3 heterocycles. The Morgan fingerprint density at radius 3 is 2.43 bits per heavy atom. The van der Waals surface area contributed by atoms with Crippen molar-refractivity contribution in [1.82, 2.24) is 24.0 Å². The fourth-order valence-corrected chi connectivity index (χ4v) is 3.73. The van der Waals surface area contributed by atoms with Crippen LogP contribution in [0.3, 0.4) is 0 Å². The SMILES string of the molecule is CC#CCn1c(N2CCNCC2)nc2c1c(=O)n(C)c(=O)n2CC(CC)CC. The number of fused-ring (bicyclic) bond motifs is 1. The van der Waals surface area contributed by atoms with E-state index in [9.17, 15) is 9.59 Å². The molecule has 3 rings (SSSR count). The van der Waals surface area contributed by atoms with Gasteiger partial charge in [-0.05, 0) is 12.8 Å². The summed E-state index contributed by atoms with van der Waals surface area (Å²) in [4.78, 5) is 32.9. The summed E-state index contributed by atoms with van der Waals surface area (Å²) in [7, 11) is 1.54. The topological polar surface area (TPSA) is 77.1 Å². The van der Waals surface area contributed by atoms with E-state index >= 15 is 0 Å². The van der Waals surface area contributed by atoms with Crippen LogP contribution in [0, 0.1) is 17.8 Å². The van der Waals surface area contributed by atoms with Crippen molar-refractivity contribution in [3.05, 3.63) is 20.8 Å². The molecule has 0 aliphatic carbocycles. The van der Waals surface area contributed by atoms with Gasteiger partial charge in [0.2, 0.25) is 5.95 Å². The monoisotopic (exact) mass is 386 g/mol. The minimum Gasteiger partial charge on any atom is -0.340 e. The van der Waals surface area contributed by atoms with Crippen molar-refractivity contribution in [1.29, 1.82) is 0 Å². The molecule has 0 spiro atoms. The lowest BCUT2D eigenvalue weighted by Gasteiger charge is -2.28. The number of hydrogen-bond donors (Lipinski definition) is 1. The van der Waals surface area contributed by atoms with Crippen molar-refractivity contribution in [3.8, 4) is 11.8 Å². The predicted octanol–water partition coefficient (Wildman–Crippen LogP) is 0.766. The van der Waals surface area contributed by atoms with Crippen molar-refractivity contribution in [2.75, 3.05) is 31.1 Å². The van der Waals surface area contributed by atoms with Crippen LogP contribution in [0.5, 0.6) is 0 Å². The maximum atomic E-state index is 13.0. The van der Waals surface area contributed by atoms with Crippen molar-refractivity contribution in [2.24, 2.45) is 13.0 Å². The van der Waals surface area contributed by atoms with Gasteiger partial charge in [0.05, 0.1) is 6.54 Å². The molecular formula is C20H30N6O2. The Bertz CT molecular complexity index is 1010.